The Labute approximate surface area is 201 Å². The van der Waals surface area contributed by atoms with Gasteiger partial charge in [-0.3, -0.25) is 0 Å². The Balaban J connectivity index is 1.18. The summed E-state index contributed by atoms with van der Waals surface area (Å²) in [5.41, 5.74) is 3.10. The van der Waals surface area contributed by atoms with Crippen molar-refractivity contribution < 1.29 is 8.78 Å². The third-order valence-corrected chi connectivity index (χ3v) is 11.5. The summed E-state index contributed by atoms with van der Waals surface area (Å²) in [7, 11) is 0.00725. The molecule has 1 heterocycles. The molecule has 2 aromatic rings. The molecule has 1 aliphatic carbocycles. The van der Waals surface area contributed by atoms with E-state index in [1.165, 1.54) is 88.3 Å². The Kier molecular flexibility index (Phi) is 9.17. The van der Waals surface area contributed by atoms with Crippen LogP contribution in [0, 0.1) is 23.5 Å². The Morgan fingerprint density at radius 2 is 1.36 bits per heavy atom. The Bertz CT molecular complexity index is 846. The van der Waals surface area contributed by atoms with Gasteiger partial charge in [-0.2, -0.15) is 0 Å². The van der Waals surface area contributed by atoms with Crippen LogP contribution in [0.15, 0.2) is 42.5 Å². The standard InChI is InChI=1S/C30H41F2Si/c1-2-3-4-19-33-20-17-24(18-21-33)6-5-23-7-9-25(10-8-23)26-11-13-27(14-12-26)28-15-16-29(31)30(32)22-28/h11-16,22-25H,2-10,17-21H2,1H3. The molecule has 1 saturated carbocycles. The summed E-state index contributed by atoms with van der Waals surface area (Å²) in [4.78, 5) is 0. The largest absolute Gasteiger partial charge is 0.204 e. The molecule has 0 bridgehead atoms. The highest BCUT2D eigenvalue weighted by Crippen LogP contribution is 2.40. The van der Waals surface area contributed by atoms with Gasteiger partial charge in [0.05, 0.1) is 0 Å². The lowest BCUT2D eigenvalue weighted by atomic mass is 9.76. The number of rotatable bonds is 9. The smallest absolute Gasteiger partial charge is 0.159 e. The average Bonchev–Trinajstić information content (AvgIpc) is 2.86. The van der Waals surface area contributed by atoms with Crippen LogP contribution in [-0.2, 0) is 0 Å². The summed E-state index contributed by atoms with van der Waals surface area (Å²) in [5, 5.41) is 0. The number of halogens is 2. The maximum atomic E-state index is 13.6. The van der Waals surface area contributed by atoms with Gasteiger partial charge in [-0.25, -0.2) is 8.78 Å². The molecule has 0 atom stereocenters. The molecule has 1 saturated heterocycles. The van der Waals surface area contributed by atoms with Crippen molar-refractivity contribution in [3.8, 4) is 11.1 Å². The van der Waals surface area contributed by atoms with Crippen molar-refractivity contribution in [1.82, 2.24) is 0 Å². The molecule has 0 nitrogen and oxygen atoms in total. The zero-order valence-electron chi connectivity index (χ0n) is 20.4. The number of hydrogen-bond donors (Lipinski definition) is 0. The van der Waals surface area contributed by atoms with E-state index < -0.39 is 11.6 Å². The van der Waals surface area contributed by atoms with Crippen molar-refractivity contribution in [1.29, 1.82) is 0 Å². The van der Waals surface area contributed by atoms with Gasteiger partial charge in [0.25, 0.3) is 0 Å². The lowest BCUT2D eigenvalue weighted by Gasteiger charge is -2.32. The van der Waals surface area contributed by atoms with Crippen LogP contribution in [0.2, 0.25) is 18.1 Å². The minimum atomic E-state index is -0.788. The van der Waals surface area contributed by atoms with Crippen LogP contribution in [0.25, 0.3) is 11.1 Å². The molecule has 3 heteroatoms. The lowest BCUT2D eigenvalue weighted by molar-refractivity contribution is 0.280. The van der Waals surface area contributed by atoms with E-state index in [2.05, 4.69) is 31.2 Å². The van der Waals surface area contributed by atoms with Gasteiger partial charge in [-0.1, -0.05) is 100 Å². The first-order valence-corrected chi connectivity index (χ1v) is 15.6. The van der Waals surface area contributed by atoms with E-state index >= 15 is 0 Å². The highest BCUT2D eigenvalue weighted by molar-refractivity contribution is 6.58. The average molecular weight is 468 g/mol. The third kappa shape index (κ3) is 7.01. The fraction of sp³-hybridized carbons (Fsp3) is 0.600. The van der Waals surface area contributed by atoms with Crippen molar-refractivity contribution in [3.63, 3.8) is 0 Å². The molecule has 1 aliphatic heterocycles. The van der Waals surface area contributed by atoms with E-state index in [0.29, 0.717) is 5.92 Å². The van der Waals surface area contributed by atoms with Crippen molar-refractivity contribution >= 4 is 8.80 Å². The fourth-order valence-corrected chi connectivity index (χ4v) is 9.26. The van der Waals surface area contributed by atoms with Crippen molar-refractivity contribution in [2.75, 3.05) is 0 Å². The third-order valence-electron chi connectivity index (χ3n) is 8.41. The summed E-state index contributed by atoms with van der Waals surface area (Å²) >= 11 is 0. The van der Waals surface area contributed by atoms with E-state index in [1.54, 1.807) is 24.2 Å². The van der Waals surface area contributed by atoms with Crippen LogP contribution in [-0.4, -0.2) is 8.80 Å². The van der Waals surface area contributed by atoms with Crippen LogP contribution >= 0.6 is 0 Å². The molecule has 179 valence electrons. The summed E-state index contributed by atoms with van der Waals surface area (Å²) < 4.78 is 26.8. The summed E-state index contributed by atoms with van der Waals surface area (Å²) in [6, 6.07) is 17.4. The van der Waals surface area contributed by atoms with Crippen LogP contribution in [0.4, 0.5) is 8.78 Å². The number of benzene rings is 2. The maximum absolute atomic E-state index is 13.6. The molecular formula is C30H41F2Si. The molecular weight excluding hydrogens is 426 g/mol. The van der Waals surface area contributed by atoms with Crippen molar-refractivity contribution in [2.45, 2.75) is 102 Å². The first-order chi connectivity index (χ1) is 16.1. The van der Waals surface area contributed by atoms with E-state index in [9.17, 15) is 8.78 Å². The normalized spacial score (nSPS) is 22.5. The predicted molar refractivity (Wildman–Crippen MR) is 138 cm³/mol. The highest BCUT2D eigenvalue weighted by Gasteiger charge is 2.25. The van der Waals surface area contributed by atoms with Crippen LogP contribution in [0.1, 0.15) is 89.0 Å². The van der Waals surface area contributed by atoms with E-state index in [-0.39, 0.29) is 8.80 Å². The molecule has 2 aromatic carbocycles. The molecule has 0 N–H and O–H groups in total. The first-order valence-electron chi connectivity index (χ1n) is 13.5. The molecule has 2 aliphatic rings. The molecule has 0 amide bonds. The minimum Gasteiger partial charge on any atom is -0.204 e. The fourth-order valence-electron chi connectivity index (χ4n) is 6.13. The SMILES string of the molecule is CCCCC[Si]1CCC(CCC2CCC(c3ccc(-c4ccc(F)c(F)c4)cc3)CC2)CC1. The Morgan fingerprint density at radius 3 is 2.00 bits per heavy atom. The van der Waals surface area contributed by atoms with Crippen LogP contribution in [0.5, 0.6) is 0 Å². The molecule has 0 unspecified atom stereocenters. The summed E-state index contributed by atoms with van der Waals surface area (Å²) in [6.07, 6.45) is 15.6. The summed E-state index contributed by atoms with van der Waals surface area (Å²) in [6.45, 7) is 2.32. The minimum absolute atomic E-state index is 0.00725. The molecule has 0 spiro atoms. The maximum Gasteiger partial charge on any atom is 0.159 e. The molecule has 1 radical (unpaired) electrons. The van der Waals surface area contributed by atoms with Gasteiger partial charge >= 0.3 is 0 Å². The second kappa shape index (κ2) is 12.3. The number of hydrogen-bond acceptors (Lipinski definition) is 0. The van der Waals surface area contributed by atoms with Gasteiger partial charge in [-0.15, -0.1) is 0 Å². The molecule has 33 heavy (non-hydrogen) atoms. The van der Waals surface area contributed by atoms with Crippen molar-refractivity contribution in [2.24, 2.45) is 11.8 Å². The van der Waals surface area contributed by atoms with Gasteiger partial charge < -0.3 is 0 Å². The van der Waals surface area contributed by atoms with E-state index in [0.717, 1.165) is 23.0 Å². The van der Waals surface area contributed by atoms with Gasteiger partial charge in [0.15, 0.2) is 11.6 Å². The topological polar surface area (TPSA) is 0 Å². The first kappa shape index (κ1) is 24.6. The quantitative estimate of drug-likeness (QED) is 0.254. The van der Waals surface area contributed by atoms with Crippen molar-refractivity contribution in [3.05, 3.63) is 59.7 Å². The van der Waals surface area contributed by atoms with E-state index in [4.69, 9.17) is 0 Å². The molecule has 4 rings (SSSR count). The molecule has 0 aromatic heterocycles. The zero-order chi connectivity index (χ0) is 23.0. The Hall–Kier alpha value is -1.48. The summed E-state index contributed by atoms with van der Waals surface area (Å²) in [5.74, 6) is 1.04. The monoisotopic (exact) mass is 467 g/mol. The molecule has 2 fully saturated rings. The van der Waals surface area contributed by atoms with Crippen LogP contribution < -0.4 is 0 Å². The Morgan fingerprint density at radius 1 is 0.727 bits per heavy atom. The predicted octanol–water partition coefficient (Wildman–Crippen LogP) is 9.78. The van der Waals surface area contributed by atoms with Gasteiger partial charge in [0.2, 0.25) is 0 Å². The van der Waals surface area contributed by atoms with Crippen LogP contribution in [0.3, 0.4) is 0 Å². The van der Waals surface area contributed by atoms with E-state index in [1.807, 2.05) is 0 Å². The second-order valence-electron chi connectivity index (χ2n) is 10.7. The zero-order valence-corrected chi connectivity index (χ0v) is 21.4. The highest BCUT2D eigenvalue weighted by atomic mass is 28.3. The lowest BCUT2D eigenvalue weighted by Crippen LogP contribution is -2.22. The second-order valence-corrected chi connectivity index (χ2v) is 13.7. The number of unbranched alkanes of at least 4 members (excludes halogenated alkanes) is 2. The van der Waals surface area contributed by atoms with Gasteiger partial charge in [-0.05, 0) is 72.3 Å². The van der Waals surface area contributed by atoms with Gasteiger partial charge in [0, 0.05) is 8.80 Å². The van der Waals surface area contributed by atoms with Gasteiger partial charge in [0.1, 0.15) is 0 Å².